The number of carbonyl (C=O) groups is 1. The number of amides is 2. The highest BCUT2D eigenvalue weighted by atomic mass is 16.6. The second kappa shape index (κ2) is 6.55. The molecule has 0 saturated carbocycles. The normalized spacial score (nSPS) is 26.6. The number of carbonyl (C=O) groups excluding carboxylic acids is 1. The molecule has 0 radical (unpaired) electrons. The maximum Gasteiger partial charge on any atom is 0.314 e. The number of nitrogen functional groups attached to an aromatic ring is 1. The lowest BCUT2D eigenvalue weighted by Gasteiger charge is -2.16. The van der Waals surface area contributed by atoms with Gasteiger partial charge in [0.25, 0.3) is 0 Å². The molecule has 2 aromatic rings. The number of ether oxygens (including phenoxy) is 1. The number of aromatic nitrogens is 4. The maximum absolute atomic E-state index is 11.4. The van der Waals surface area contributed by atoms with Crippen LogP contribution < -0.4 is 16.4 Å². The van der Waals surface area contributed by atoms with E-state index in [0.29, 0.717) is 17.7 Å². The van der Waals surface area contributed by atoms with Crippen molar-refractivity contribution in [3.8, 4) is 0 Å². The molecular weight excluding hydrogens is 318 g/mol. The highest BCUT2D eigenvalue weighted by Gasteiger charge is 2.44. The fourth-order valence-corrected chi connectivity index (χ4v) is 2.60. The smallest absolute Gasteiger partial charge is 0.314 e. The topological polar surface area (TPSA) is 160 Å². The van der Waals surface area contributed by atoms with Crippen molar-refractivity contribution in [2.24, 2.45) is 0 Å². The van der Waals surface area contributed by atoms with Crippen LogP contribution in [0.5, 0.6) is 0 Å². The predicted molar refractivity (Wildman–Crippen MR) is 82.7 cm³/mol. The SMILES string of the molecule is CCNC(=O)NC[C@H]1O[C@@H](n2cnc3c(N)ncnc32)[C@@H](O)C1O. The Morgan fingerprint density at radius 3 is 2.88 bits per heavy atom. The van der Waals surface area contributed by atoms with Crippen LogP contribution in [0.2, 0.25) is 0 Å². The van der Waals surface area contributed by atoms with Gasteiger partial charge in [0.2, 0.25) is 0 Å². The molecule has 0 bridgehead atoms. The molecule has 1 fully saturated rings. The average molecular weight is 337 g/mol. The molecule has 4 atom stereocenters. The molecule has 0 aromatic carbocycles. The molecule has 3 rings (SSSR count). The van der Waals surface area contributed by atoms with E-state index in [1.807, 2.05) is 0 Å². The van der Waals surface area contributed by atoms with Crippen LogP contribution in [0.4, 0.5) is 10.6 Å². The Morgan fingerprint density at radius 1 is 1.33 bits per heavy atom. The summed E-state index contributed by atoms with van der Waals surface area (Å²) in [6.07, 6.45) is -1.37. The number of imidazole rings is 1. The van der Waals surface area contributed by atoms with Gasteiger partial charge in [-0.25, -0.2) is 19.7 Å². The Morgan fingerprint density at radius 2 is 2.12 bits per heavy atom. The number of hydrogen-bond acceptors (Lipinski definition) is 8. The molecule has 1 aliphatic heterocycles. The Hall–Kier alpha value is -2.50. The van der Waals surface area contributed by atoms with Crippen molar-refractivity contribution < 1.29 is 19.7 Å². The van der Waals surface area contributed by atoms with Crippen LogP contribution in [-0.4, -0.2) is 67.2 Å². The summed E-state index contributed by atoms with van der Waals surface area (Å²) in [6, 6.07) is -0.375. The van der Waals surface area contributed by atoms with Crippen LogP contribution in [0.1, 0.15) is 13.2 Å². The number of anilines is 1. The molecule has 0 spiro atoms. The van der Waals surface area contributed by atoms with Crippen molar-refractivity contribution in [1.29, 1.82) is 0 Å². The molecule has 1 unspecified atom stereocenters. The van der Waals surface area contributed by atoms with E-state index in [0.717, 1.165) is 0 Å². The Bertz CT molecular complexity index is 736. The first-order valence-corrected chi connectivity index (χ1v) is 7.49. The van der Waals surface area contributed by atoms with Crippen molar-refractivity contribution in [3.63, 3.8) is 0 Å². The van der Waals surface area contributed by atoms with Crippen LogP contribution in [0, 0.1) is 0 Å². The van der Waals surface area contributed by atoms with E-state index in [-0.39, 0.29) is 18.4 Å². The molecule has 11 heteroatoms. The molecule has 130 valence electrons. The zero-order valence-electron chi connectivity index (χ0n) is 13.0. The predicted octanol–water partition coefficient (Wildman–Crippen LogP) is -1.65. The third-order valence-corrected chi connectivity index (χ3v) is 3.80. The summed E-state index contributed by atoms with van der Waals surface area (Å²) in [4.78, 5) is 23.5. The van der Waals surface area contributed by atoms with E-state index in [9.17, 15) is 15.0 Å². The Kier molecular flexibility index (Phi) is 4.46. The van der Waals surface area contributed by atoms with E-state index >= 15 is 0 Å². The second-order valence-electron chi connectivity index (χ2n) is 5.37. The lowest BCUT2D eigenvalue weighted by Crippen LogP contribution is -2.43. The fourth-order valence-electron chi connectivity index (χ4n) is 2.60. The molecule has 0 aliphatic carbocycles. The number of nitrogens with two attached hydrogens (primary N) is 1. The molecule has 3 heterocycles. The zero-order chi connectivity index (χ0) is 17.3. The maximum atomic E-state index is 11.4. The third-order valence-electron chi connectivity index (χ3n) is 3.80. The number of aliphatic hydroxyl groups excluding tert-OH is 2. The summed E-state index contributed by atoms with van der Waals surface area (Å²) in [6.45, 7) is 2.32. The van der Waals surface area contributed by atoms with Gasteiger partial charge in [-0.1, -0.05) is 0 Å². The highest BCUT2D eigenvalue weighted by Crippen LogP contribution is 2.31. The quantitative estimate of drug-likeness (QED) is 0.443. The summed E-state index contributed by atoms with van der Waals surface area (Å²) < 4.78 is 7.17. The third kappa shape index (κ3) is 2.84. The van der Waals surface area contributed by atoms with Gasteiger partial charge >= 0.3 is 6.03 Å². The lowest BCUT2D eigenvalue weighted by atomic mass is 10.1. The number of hydrogen-bond donors (Lipinski definition) is 5. The molecule has 2 aromatic heterocycles. The van der Waals surface area contributed by atoms with Gasteiger partial charge in [0.05, 0.1) is 6.33 Å². The van der Waals surface area contributed by atoms with Gasteiger partial charge in [0.1, 0.15) is 30.2 Å². The van der Waals surface area contributed by atoms with Gasteiger partial charge in [-0.3, -0.25) is 4.57 Å². The van der Waals surface area contributed by atoms with Crippen LogP contribution >= 0.6 is 0 Å². The van der Waals surface area contributed by atoms with E-state index in [1.165, 1.54) is 17.2 Å². The standard InChI is InChI=1S/C13H19N7O4/c1-2-15-13(23)16-3-6-8(21)9(22)12(24-6)20-5-19-7-10(14)17-4-18-11(7)20/h4-6,8-9,12,21-22H,2-3H2,1H3,(H2,14,17,18)(H2,15,16,23)/t6-,8?,9+,12-/m1/s1. The minimum absolute atomic E-state index is 0.0459. The Labute approximate surface area is 136 Å². The first-order valence-electron chi connectivity index (χ1n) is 7.49. The van der Waals surface area contributed by atoms with Crippen LogP contribution in [-0.2, 0) is 4.74 Å². The van der Waals surface area contributed by atoms with Gasteiger partial charge in [-0.15, -0.1) is 0 Å². The molecule has 1 aliphatic rings. The van der Waals surface area contributed by atoms with Gasteiger partial charge < -0.3 is 31.3 Å². The van der Waals surface area contributed by atoms with Crippen LogP contribution in [0.3, 0.4) is 0 Å². The average Bonchev–Trinajstić information content (AvgIpc) is 3.10. The van der Waals surface area contributed by atoms with Gasteiger partial charge in [0.15, 0.2) is 17.7 Å². The minimum atomic E-state index is -1.21. The highest BCUT2D eigenvalue weighted by molar-refractivity contribution is 5.81. The first-order chi connectivity index (χ1) is 11.5. The minimum Gasteiger partial charge on any atom is -0.387 e. The summed E-state index contributed by atoms with van der Waals surface area (Å²) in [5, 5.41) is 25.6. The van der Waals surface area contributed by atoms with Gasteiger partial charge in [-0.2, -0.15) is 0 Å². The van der Waals surface area contributed by atoms with Crippen molar-refractivity contribution in [1.82, 2.24) is 30.2 Å². The summed E-state index contributed by atoms with van der Waals surface area (Å²) in [5.41, 5.74) is 6.50. The van der Waals surface area contributed by atoms with E-state index < -0.39 is 24.5 Å². The van der Waals surface area contributed by atoms with Gasteiger partial charge in [0, 0.05) is 13.1 Å². The van der Waals surface area contributed by atoms with E-state index in [2.05, 4.69) is 25.6 Å². The summed E-state index contributed by atoms with van der Waals surface area (Å²) in [7, 11) is 0. The number of fused-ring (bicyclic) bond motifs is 1. The lowest BCUT2D eigenvalue weighted by molar-refractivity contribution is -0.0335. The van der Waals surface area contributed by atoms with Crippen molar-refractivity contribution in [2.75, 3.05) is 18.8 Å². The number of rotatable bonds is 4. The van der Waals surface area contributed by atoms with Crippen LogP contribution in [0.15, 0.2) is 12.7 Å². The Balaban J connectivity index is 1.77. The van der Waals surface area contributed by atoms with Crippen molar-refractivity contribution >= 4 is 23.0 Å². The number of aliphatic hydroxyl groups is 2. The van der Waals surface area contributed by atoms with Gasteiger partial charge in [-0.05, 0) is 6.92 Å². The molecule has 6 N–H and O–H groups in total. The summed E-state index contributed by atoms with van der Waals surface area (Å²) in [5.74, 6) is 0.209. The van der Waals surface area contributed by atoms with E-state index in [1.54, 1.807) is 6.92 Å². The molecule has 1 saturated heterocycles. The number of nitrogens with one attached hydrogen (secondary N) is 2. The second-order valence-corrected chi connectivity index (χ2v) is 5.37. The van der Waals surface area contributed by atoms with E-state index in [4.69, 9.17) is 10.5 Å². The number of nitrogens with zero attached hydrogens (tertiary/aromatic N) is 4. The molecule has 2 amide bonds. The first kappa shape index (κ1) is 16.4. The molecule has 24 heavy (non-hydrogen) atoms. The van der Waals surface area contributed by atoms with Crippen molar-refractivity contribution in [3.05, 3.63) is 12.7 Å². The molecule has 11 nitrogen and oxygen atoms in total. The summed E-state index contributed by atoms with van der Waals surface area (Å²) >= 11 is 0. The fraction of sp³-hybridized carbons (Fsp3) is 0.538. The van der Waals surface area contributed by atoms with Crippen LogP contribution in [0.25, 0.3) is 11.2 Å². The van der Waals surface area contributed by atoms with Crippen molar-refractivity contribution in [2.45, 2.75) is 31.5 Å². The number of urea groups is 1. The molecular formula is C13H19N7O4. The largest absolute Gasteiger partial charge is 0.387 e. The zero-order valence-corrected chi connectivity index (χ0v) is 13.0. The monoisotopic (exact) mass is 337 g/mol.